The Morgan fingerprint density at radius 1 is 1.35 bits per heavy atom. The maximum absolute atomic E-state index is 12.6. The first-order valence-corrected chi connectivity index (χ1v) is 7.64. The molecular formula is C14H23F3N2S. The molecule has 0 unspecified atom stereocenters. The Morgan fingerprint density at radius 3 is 2.50 bits per heavy atom. The first kappa shape index (κ1) is 17.5. The van der Waals surface area contributed by atoms with Gasteiger partial charge in [-0.1, -0.05) is 6.92 Å². The number of nitrogens with zero attached hydrogens (tertiary/aromatic N) is 1. The van der Waals surface area contributed by atoms with Crippen molar-refractivity contribution in [2.45, 2.75) is 53.0 Å². The van der Waals surface area contributed by atoms with Crippen LogP contribution < -0.4 is 5.32 Å². The summed E-state index contributed by atoms with van der Waals surface area (Å²) >= 11 is 1.66. The van der Waals surface area contributed by atoms with Gasteiger partial charge < -0.3 is 5.32 Å². The van der Waals surface area contributed by atoms with Crippen molar-refractivity contribution in [3.63, 3.8) is 0 Å². The van der Waals surface area contributed by atoms with E-state index in [0.29, 0.717) is 6.54 Å². The molecule has 0 atom stereocenters. The van der Waals surface area contributed by atoms with Gasteiger partial charge in [0.1, 0.15) is 0 Å². The lowest BCUT2D eigenvalue weighted by molar-refractivity contribution is -0.150. The molecular weight excluding hydrogens is 285 g/mol. The molecule has 1 aromatic heterocycles. The number of alkyl halides is 3. The molecule has 0 aliphatic carbocycles. The van der Waals surface area contributed by atoms with E-state index in [-0.39, 0.29) is 6.04 Å². The summed E-state index contributed by atoms with van der Waals surface area (Å²) in [4.78, 5) is 3.74. The molecule has 0 fully saturated rings. The fourth-order valence-corrected chi connectivity index (χ4v) is 2.97. The molecule has 1 rings (SSSR count). The van der Waals surface area contributed by atoms with Crippen LogP contribution in [-0.2, 0) is 13.1 Å². The van der Waals surface area contributed by atoms with E-state index in [1.807, 2.05) is 19.9 Å². The van der Waals surface area contributed by atoms with Gasteiger partial charge >= 0.3 is 6.18 Å². The van der Waals surface area contributed by atoms with Gasteiger partial charge in [0.2, 0.25) is 0 Å². The van der Waals surface area contributed by atoms with Crippen molar-refractivity contribution in [1.29, 1.82) is 0 Å². The van der Waals surface area contributed by atoms with Gasteiger partial charge in [-0.2, -0.15) is 13.2 Å². The average molecular weight is 308 g/mol. The standard InChI is InChI=1S/C14H23F3N2S/c1-5-18-7-13-6-12(11(4)20-13)8-19(10(2)3)9-14(15,16)17/h6,10,18H,5,7-9H2,1-4H3. The Bertz CT molecular complexity index is 413. The first-order chi connectivity index (χ1) is 9.23. The normalized spacial score (nSPS) is 12.7. The highest BCUT2D eigenvalue weighted by Gasteiger charge is 2.32. The van der Waals surface area contributed by atoms with Crippen LogP contribution in [0.2, 0.25) is 0 Å². The lowest BCUT2D eigenvalue weighted by Crippen LogP contribution is -2.38. The number of thiophene rings is 1. The van der Waals surface area contributed by atoms with Crippen LogP contribution in [0.4, 0.5) is 13.2 Å². The highest BCUT2D eigenvalue weighted by molar-refractivity contribution is 7.12. The molecule has 116 valence electrons. The second-order valence-electron chi connectivity index (χ2n) is 5.19. The summed E-state index contributed by atoms with van der Waals surface area (Å²) in [5, 5.41) is 3.24. The van der Waals surface area contributed by atoms with Crippen LogP contribution in [0.1, 0.15) is 36.1 Å². The van der Waals surface area contributed by atoms with E-state index in [2.05, 4.69) is 5.32 Å². The zero-order valence-electron chi connectivity index (χ0n) is 12.5. The van der Waals surface area contributed by atoms with Gasteiger partial charge in [-0.05, 0) is 38.9 Å². The summed E-state index contributed by atoms with van der Waals surface area (Å²) in [5.74, 6) is 0. The van der Waals surface area contributed by atoms with Crippen LogP contribution >= 0.6 is 11.3 Å². The van der Waals surface area contributed by atoms with E-state index < -0.39 is 12.7 Å². The summed E-state index contributed by atoms with van der Waals surface area (Å²) in [7, 11) is 0. The molecule has 1 N–H and O–H groups in total. The molecule has 1 aromatic rings. The third kappa shape index (κ3) is 5.81. The molecule has 0 amide bonds. The topological polar surface area (TPSA) is 15.3 Å². The minimum absolute atomic E-state index is 0.131. The first-order valence-electron chi connectivity index (χ1n) is 6.82. The van der Waals surface area contributed by atoms with Gasteiger partial charge in [0.25, 0.3) is 0 Å². The molecule has 20 heavy (non-hydrogen) atoms. The Morgan fingerprint density at radius 2 is 2.00 bits per heavy atom. The van der Waals surface area contributed by atoms with Gasteiger partial charge in [0, 0.05) is 28.9 Å². The van der Waals surface area contributed by atoms with E-state index in [1.165, 1.54) is 9.78 Å². The van der Waals surface area contributed by atoms with Gasteiger partial charge in [-0.3, -0.25) is 4.90 Å². The SMILES string of the molecule is CCNCc1cc(CN(CC(F)(F)F)C(C)C)c(C)s1. The third-order valence-corrected chi connectivity index (χ3v) is 4.20. The highest BCUT2D eigenvalue weighted by atomic mass is 32.1. The van der Waals surface area contributed by atoms with Gasteiger partial charge in [0.15, 0.2) is 0 Å². The molecule has 0 saturated carbocycles. The Labute approximate surface area is 123 Å². The molecule has 6 heteroatoms. The lowest BCUT2D eigenvalue weighted by atomic mass is 10.2. The predicted octanol–water partition coefficient (Wildman–Crippen LogP) is 3.94. The molecule has 0 spiro atoms. The Kier molecular flexibility index (Phi) is 6.48. The zero-order chi connectivity index (χ0) is 15.3. The van der Waals surface area contributed by atoms with Crippen LogP contribution in [0.3, 0.4) is 0 Å². The summed E-state index contributed by atoms with van der Waals surface area (Å²) < 4.78 is 37.8. The van der Waals surface area contributed by atoms with E-state index in [9.17, 15) is 13.2 Å². The number of halogens is 3. The van der Waals surface area contributed by atoms with Crippen molar-refractivity contribution in [3.05, 3.63) is 21.4 Å². The average Bonchev–Trinajstić information content (AvgIpc) is 2.65. The van der Waals surface area contributed by atoms with Crippen molar-refractivity contribution < 1.29 is 13.2 Å². The summed E-state index contributed by atoms with van der Waals surface area (Å²) in [6.45, 7) is 8.77. The molecule has 0 aromatic carbocycles. The number of aryl methyl sites for hydroxylation is 1. The van der Waals surface area contributed by atoms with Gasteiger partial charge in [-0.15, -0.1) is 11.3 Å². The highest BCUT2D eigenvalue weighted by Crippen LogP contribution is 2.25. The molecule has 1 heterocycles. The molecule has 0 saturated heterocycles. The monoisotopic (exact) mass is 308 g/mol. The zero-order valence-corrected chi connectivity index (χ0v) is 13.3. The smallest absolute Gasteiger partial charge is 0.312 e. The molecule has 0 aliphatic rings. The maximum Gasteiger partial charge on any atom is 0.401 e. The second-order valence-corrected chi connectivity index (χ2v) is 6.53. The number of nitrogens with one attached hydrogen (secondary N) is 1. The minimum Gasteiger partial charge on any atom is -0.312 e. The summed E-state index contributed by atoms with van der Waals surface area (Å²) in [5.41, 5.74) is 1.00. The van der Waals surface area contributed by atoms with Crippen LogP contribution in [0, 0.1) is 6.92 Å². The molecule has 0 aliphatic heterocycles. The molecule has 0 bridgehead atoms. The minimum atomic E-state index is -4.15. The number of rotatable bonds is 7. The van der Waals surface area contributed by atoms with Gasteiger partial charge in [-0.25, -0.2) is 0 Å². The Hall–Kier alpha value is -0.590. The van der Waals surface area contributed by atoms with Gasteiger partial charge in [0.05, 0.1) is 6.54 Å². The lowest BCUT2D eigenvalue weighted by Gasteiger charge is -2.27. The van der Waals surface area contributed by atoms with Crippen molar-refractivity contribution >= 4 is 11.3 Å². The predicted molar refractivity (Wildman–Crippen MR) is 78.0 cm³/mol. The van der Waals surface area contributed by atoms with Crippen LogP contribution in [0.15, 0.2) is 6.07 Å². The number of hydrogen-bond donors (Lipinski definition) is 1. The van der Waals surface area contributed by atoms with Crippen LogP contribution in [-0.4, -0.2) is 30.2 Å². The van der Waals surface area contributed by atoms with Crippen LogP contribution in [0.25, 0.3) is 0 Å². The van der Waals surface area contributed by atoms with E-state index in [0.717, 1.165) is 23.5 Å². The second kappa shape index (κ2) is 7.43. The molecule has 0 radical (unpaired) electrons. The van der Waals surface area contributed by atoms with E-state index in [1.54, 1.807) is 25.2 Å². The third-order valence-electron chi connectivity index (χ3n) is 3.11. The maximum atomic E-state index is 12.6. The molecule has 2 nitrogen and oxygen atoms in total. The van der Waals surface area contributed by atoms with Crippen molar-refractivity contribution in [3.8, 4) is 0 Å². The fourth-order valence-electron chi connectivity index (χ4n) is 1.95. The van der Waals surface area contributed by atoms with Crippen molar-refractivity contribution in [2.24, 2.45) is 0 Å². The summed E-state index contributed by atoms with van der Waals surface area (Å²) in [6, 6.07) is 1.89. The number of hydrogen-bond acceptors (Lipinski definition) is 3. The Balaban J connectivity index is 2.75. The summed E-state index contributed by atoms with van der Waals surface area (Å²) in [6.07, 6.45) is -4.15. The quantitative estimate of drug-likeness (QED) is 0.821. The van der Waals surface area contributed by atoms with Crippen molar-refractivity contribution in [1.82, 2.24) is 10.2 Å². The van der Waals surface area contributed by atoms with E-state index in [4.69, 9.17) is 0 Å². The van der Waals surface area contributed by atoms with E-state index >= 15 is 0 Å². The fraction of sp³-hybridized carbons (Fsp3) is 0.714. The largest absolute Gasteiger partial charge is 0.401 e. The van der Waals surface area contributed by atoms with Crippen LogP contribution in [0.5, 0.6) is 0 Å². The van der Waals surface area contributed by atoms with Crippen molar-refractivity contribution in [2.75, 3.05) is 13.1 Å².